The van der Waals surface area contributed by atoms with E-state index in [9.17, 15) is 10.1 Å². The molecule has 116 valence electrons. The quantitative estimate of drug-likeness (QED) is 0.679. The Morgan fingerprint density at radius 2 is 1.91 bits per heavy atom. The topological polar surface area (TPSA) is 106 Å². The molecule has 1 aromatic rings. The van der Waals surface area contributed by atoms with Gasteiger partial charge in [0.25, 0.3) is 0 Å². The van der Waals surface area contributed by atoms with Gasteiger partial charge in [0.1, 0.15) is 5.69 Å². The number of nitro groups is 1. The third-order valence-corrected chi connectivity index (χ3v) is 4.10. The second kappa shape index (κ2) is 5.43. The van der Waals surface area contributed by atoms with Gasteiger partial charge in [-0.25, -0.2) is 9.97 Å². The molecule has 0 saturated heterocycles. The van der Waals surface area contributed by atoms with E-state index in [0.29, 0.717) is 17.7 Å². The molecule has 1 fully saturated rings. The molecule has 0 radical (unpaired) electrons. The van der Waals surface area contributed by atoms with Gasteiger partial charge in [0.15, 0.2) is 11.4 Å². The molecule has 1 aliphatic heterocycles. The lowest BCUT2D eigenvalue weighted by Crippen LogP contribution is -2.23. The Balaban J connectivity index is 2.04. The summed E-state index contributed by atoms with van der Waals surface area (Å²) < 4.78 is 0. The average Bonchev–Trinajstić information content (AvgIpc) is 3.10. The SMILES string of the molecule is Cc1nc(NC2CCCC2)nc(C2(C)N=CC=N2)c1[N+](=O)[O-]. The zero-order valence-corrected chi connectivity index (χ0v) is 12.6. The summed E-state index contributed by atoms with van der Waals surface area (Å²) in [5.41, 5.74) is -0.609. The highest BCUT2D eigenvalue weighted by atomic mass is 16.6. The third-order valence-electron chi connectivity index (χ3n) is 4.10. The van der Waals surface area contributed by atoms with Crippen LogP contribution in [0.1, 0.15) is 44.0 Å². The van der Waals surface area contributed by atoms with Crippen molar-refractivity contribution in [2.45, 2.75) is 51.2 Å². The van der Waals surface area contributed by atoms with E-state index >= 15 is 0 Å². The summed E-state index contributed by atoms with van der Waals surface area (Å²) >= 11 is 0. The Kier molecular flexibility index (Phi) is 3.59. The van der Waals surface area contributed by atoms with Crippen molar-refractivity contribution in [3.05, 3.63) is 21.5 Å². The first kappa shape index (κ1) is 14.6. The summed E-state index contributed by atoms with van der Waals surface area (Å²) in [7, 11) is 0. The van der Waals surface area contributed by atoms with Gasteiger partial charge >= 0.3 is 5.69 Å². The highest BCUT2D eigenvalue weighted by molar-refractivity contribution is 6.17. The molecule has 1 aromatic heterocycles. The van der Waals surface area contributed by atoms with E-state index in [4.69, 9.17) is 0 Å². The van der Waals surface area contributed by atoms with Crippen LogP contribution in [0.5, 0.6) is 0 Å². The van der Waals surface area contributed by atoms with E-state index in [1.165, 1.54) is 25.3 Å². The number of aryl methyl sites for hydroxylation is 1. The highest BCUT2D eigenvalue weighted by Gasteiger charge is 2.38. The molecule has 8 nitrogen and oxygen atoms in total. The average molecular weight is 302 g/mol. The number of hydrogen-bond acceptors (Lipinski definition) is 7. The fraction of sp³-hybridized carbons (Fsp3) is 0.571. The number of rotatable bonds is 4. The smallest absolute Gasteiger partial charge is 0.316 e. The number of aliphatic imine (C=N–C) groups is 2. The normalized spacial score (nSPS) is 19.7. The van der Waals surface area contributed by atoms with Gasteiger partial charge in [0.2, 0.25) is 5.95 Å². The second-order valence-corrected chi connectivity index (χ2v) is 5.79. The minimum absolute atomic E-state index is 0.115. The fourth-order valence-electron chi connectivity index (χ4n) is 2.95. The molecule has 22 heavy (non-hydrogen) atoms. The summed E-state index contributed by atoms with van der Waals surface area (Å²) in [4.78, 5) is 28.0. The van der Waals surface area contributed by atoms with E-state index in [2.05, 4.69) is 25.3 Å². The summed E-state index contributed by atoms with van der Waals surface area (Å²) in [6, 6.07) is 0.331. The van der Waals surface area contributed by atoms with Crippen LogP contribution in [0, 0.1) is 17.0 Å². The Bertz CT molecular complexity index is 652. The van der Waals surface area contributed by atoms with Crippen molar-refractivity contribution < 1.29 is 4.92 Å². The molecule has 1 N–H and O–H groups in total. The van der Waals surface area contributed by atoms with Gasteiger partial charge in [0, 0.05) is 18.5 Å². The van der Waals surface area contributed by atoms with Gasteiger partial charge in [-0.15, -0.1) is 0 Å². The highest BCUT2D eigenvalue weighted by Crippen LogP contribution is 2.36. The largest absolute Gasteiger partial charge is 0.351 e. The summed E-state index contributed by atoms with van der Waals surface area (Å²) in [6.45, 7) is 3.33. The maximum absolute atomic E-state index is 11.4. The zero-order chi connectivity index (χ0) is 15.7. The van der Waals surface area contributed by atoms with Gasteiger partial charge < -0.3 is 5.32 Å². The molecule has 0 amide bonds. The maximum Gasteiger partial charge on any atom is 0.316 e. The summed E-state index contributed by atoms with van der Waals surface area (Å²) in [5, 5.41) is 14.7. The van der Waals surface area contributed by atoms with Gasteiger partial charge in [-0.1, -0.05) is 12.8 Å². The van der Waals surface area contributed by atoms with Crippen LogP contribution in [-0.2, 0) is 5.66 Å². The van der Waals surface area contributed by atoms with Crippen molar-refractivity contribution in [2.75, 3.05) is 5.32 Å². The molecule has 3 rings (SSSR count). The first-order valence-corrected chi connectivity index (χ1v) is 7.39. The van der Waals surface area contributed by atoms with Crippen LogP contribution in [-0.4, -0.2) is 33.4 Å². The first-order valence-electron chi connectivity index (χ1n) is 7.39. The van der Waals surface area contributed by atoms with Gasteiger partial charge in [-0.2, -0.15) is 0 Å². The lowest BCUT2D eigenvalue weighted by atomic mass is 10.1. The molecule has 1 aliphatic carbocycles. The number of hydrogen-bond donors (Lipinski definition) is 1. The van der Waals surface area contributed by atoms with Crippen LogP contribution in [0.3, 0.4) is 0 Å². The monoisotopic (exact) mass is 302 g/mol. The van der Waals surface area contributed by atoms with Crippen LogP contribution < -0.4 is 5.32 Å². The van der Waals surface area contributed by atoms with Crippen molar-refractivity contribution in [3.8, 4) is 0 Å². The molecular formula is C14H18N6O2. The number of anilines is 1. The van der Waals surface area contributed by atoms with E-state index in [0.717, 1.165) is 12.8 Å². The Hall–Kier alpha value is -2.38. The van der Waals surface area contributed by atoms with Gasteiger partial charge in [0.05, 0.1) is 4.92 Å². The minimum Gasteiger partial charge on any atom is -0.351 e. The van der Waals surface area contributed by atoms with Crippen LogP contribution in [0.15, 0.2) is 9.98 Å². The predicted octanol–water partition coefficient (Wildman–Crippen LogP) is 2.38. The van der Waals surface area contributed by atoms with Crippen molar-refractivity contribution in [1.29, 1.82) is 0 Å². The molecule has 2 heterocycles. The molecule has 0 unspecified atom stereocenters. The van der Waals surface area contributed by atoms with Gasteiger partial charge in [-0.3, -0.25) is 20.1 Å². The molecular weight excluding hydrogens is 284 g/mol. The van der Waals surface area contributed by atoms with Gasteiger partial charge in [-0.05, 0) is 26.7 Å². The number of nitrogens with zero attached hydrogens (tertiary/aromatic N) is 5. The van der Waals surface area contributed by atoms with E-state index < -0.39 is 10.6 Å². The Morgan fingerprint density at radius 1 is 1.27 bits per heavy atom. The second-order valence-electron chi connectivity index (χ2n) is 5.79. The fourth-order valence-corrected chi connectivity index (χ4v) is 2.95. The molecule has 0 spiro atoms. The zero-order valence-electron chi connectivity index (χ0n) is 12.6. The van der Waals surface area contributed by atoms with E-state index in [1.54, 1.807) is 13.8 Å². The minimum atomic E-state index is -1.05. The standard InChI is InChI=1S/C14H18N6O2/c1-9-11(20(21)22)12(14(2)15-7-8-16-14)19-13(17-9)18-10-5-3-4-6-10/h7-8,10H,3-6H2,1-2H3,(H,17,18,19). The van der Waals surface area contributed by atoms with E-state index in [-0.39, 0.29) is 11.4 Å². The molecule has 2 aliphatic rings. The molecule has 0 aromatic carbocycles. The van der Waals surface area contributed by atoms with Crippen molar-refractivity contribution in [2.24, 2.45) is 9.98 Å². The number of aromatic nitrogens is 2. The lowest BCUT2D eigenvalue weighted by Gasteiger charge is -2.19. The number of nitrogens with one attached hydrogen (secondary N) is 1. The van der Waals surface area contributed by atoms with Crippen LogP contribution in [0.4, 0.5) is 11.6 Å². The molecule has 0 bridgehead atoms. The summed E-state index contributed by atoms with van der Waals surface area (Å²) in [6.07, 6.45) is 7.58. The maximum atomic E-state index is 11.4. The van der Waals surface area contributed by atoms with E-state index in [1.807, 2.05) is 0 Å². The van der Waals surface area contributed by atoms with Crippen LogP contribution in [0.25, 0.3) is 0 Å². The third kappa shape index (κ3) is 2.56. The van der Waals surface area contributed by atoms with Crippen molar-refractivity contribution >= 4 is 24.1 Å². The lowest BCUT2D eigenvalue weighted by molar-refractivity contribution is -0.387. The van der Waals surface area contributed by atoms with Crippen LogP contribution in [0.2, 0.25) is 0 Å². The molecule has 1 saturated carbocycles. The molecule has 0 atom stereocenters. The Morgan fingerprint density at radius 3 is 2.50 bits per heavy atom. The Labute approximate surface area is 128 Å². The predicted molar refractivity (Wildman–Crippen MR) is 83.6 cm³/mol. The first-order chi connectivity index (χ1) is 10.5. The van der Waals surface area contributed by atoms with Crippen LogP contribution >= 0.6 is 0 Å². The van der Waals surface area contributed by atoms with Crippen molar-refractivity contribution in [3.63, 3.8) is 0 Å². The molecule has 8 heteroatoms. The van der Waals surface area contributed by atoms with Crippen molar-refractivity contribution in [1.82, 2.24) is 9.97 Å². The summed E-state index contributed by atoms with van der Waals surface area (Å²) in [5.74, 6) is 0.420.